The summed E-state index contributed by atoms with van der Waals surface area (Å²) in [5.74, 6) is -0.369. The molecule has 2 aromatic carbocycles. The second kappa shape index (κ2) is 9.49. The fourth-order valence-corrected chi connectivity index (χ4v) is 3.99. The molecule has 0 aliphatic heterocycles. The summed E-state index contributed by atoms with van der Waals surface area (Å²) in [4.78, 5) is 21.1. The summed E-state index contributed by atoms with van der Waals surface area (Å²) in [6.45, 7) is 0.621. The normalized spacial score (nSPS) is 13.0. The van der Waals surface area contributed by atoms with Crippen LogP contribution in [0.15, 0.2) is 91.5 Å². The Balaban J connectivity index is 1.66. The fraction of sp³-hybridized carbons (Fsp3) is 0.192. The van der Waals surface area contributed by atoms with E-state index in [2.05, 4.69) is 39.6 Å². The van der Waals surface area contributed by atoms with Crippen molar-refractivity contribution in [3.63, 3.8) is 0 Å². The van der Waals surface area contributed by atoms with Crippen molar-refractivity contribution in [1.29, 1.82) is 0 Å². The summed E-state index contributed by atoms with van der Waals surface area (Å²) < 4.78 is 0. The largest absolute Gasteiger partial charge is 0.368 e. The van der Waals surface area contributed by atoms with Crippen LogP contribution in [0, 0.1) is 0 Å². The van der Waals surface area contributed by atoms with E-state index in [4.69, 9.17) is 5.73 Å². The zero-order chi connectivity index (χ0) is 21.5. The molecule has 0 saturated carbocycles. The number of benzene rings is 2. The van der Waals surface area contributed by atoms with Gasteiger partial charge in [0.2, 0.25) is 5.91 Å². The van der Waals surface area contributed by atoms with E-state index < -0.39 is 5.54 Å². The van der Waals surface area contributed by atoms with E-state index >= 15 is 0 Å². The number of carbonyl (C=O) groups excluding carboxylic acids is 1. The van der Waals surface area contributed by atoms with Crippen molar-refractivity contribution in [1.82, 2.24) is 15.3 Å². The van der Waals surface area contributed by atoms with Crippen LogP contribution in [0.1, 0.15) is 23.1 Å². The highest BCUT2D eigenvalue weighted by Gasteiger charge is 2.37. The molecule has 31 heavy (non-hydrogen) atoms. The first kappa shape index (κ1) is 20.7. The van der Waals surface area contributed by atoms with Gasteiger partial charge in [-0.2, -0.15) is 0 Å². The first-order valence-corrected chi connectivity index (χ1v) is 10.5. The molecule has 2 heterocycles. The number of nitrogens with two attached hydrogens (primary N) is 1. The van der Waals surface area contributed by atoms with Crippen molar-refractivity contribution in [2.24, 2.45) is 5.73 Å². The Labute approximate surface area is 182 Å². The minimum Gasteiger partial charge on any atom is -0.368 e. The number of carbonyl (C=O) groups is 1. The van der Waals surface area contributed by atoms with Gasteiger partial charge in [-0.05, 0) is 77.1 Å². The minimum atomic E-state index is -0.972. The molecule has 4 rings (SSSR count). The number of fused-ring (bicyclic) bond motifs is 1. The second-order valence-corrected chi connectivity index (χ2v) is 7.72. The Bertz CT molecular complexity index is 1150. The van der Waals surface area contributed by atoms with E-state index in [0.29, 0.717) is 19.4 Å². The molecule has 156 valence electrons. The van der Waals surface area contributed by atoms with Gasteiger partial charge in [0.15, 0.2) is 0 Å². The van der Waals surface area contributed by atoms with Gasteiger partial charge in [0.05, 0.1) is 0 Å². The molecule has 1 amide bonds. The molecule has 5 heteroatoms. The molecular weight excluding hydrogens is 384 g/mol. The summed E-state index contributed by atoms with van der Waals surface area (Å²) in [6.07, 6.45) is 9.15. The molecule has 4 aromatic rings. The summed E-state index contributed by atoms with van der Waals surface area (Å²) in [6, 6.07) is 22.2. The Morgan fingerprint density at radius 3 is 2.06 bits per heavy atom. The molecule has 1 unspecified atom stereocenters. The number of nitrogens with one attached hydrogen (secondary N) is 1. The van der Waals surface area contributed by atoms with Gasteiger partial charge in [-0.25, -0.2) is 0 Å². The predicted molar refractivity (Wildman–Crippen MR) is 123 cm³/mol. The minimum absolute atomic E-state index is 0.369. The Hall–Kier alpha value is -3.57. The maximum atomic E-state index is 13.0. The van der Waals surface area contributed by atoms with Crippen LogP contribution >= 0.6 is 0 Å². The third kappa shape index (κ3) is 4.78. The number of pyridine rings is 2. The molecule has 0 saturated heterocycles. The molecule has 0 spiro atoms. The quantitative estimate of drug-likeness (QED) is 0.440. The van der Waals surface area contributed by atoms with Gasteiger partial charge in [-0.3, -0.25) is 20.1 Å². The number of aromatic nitrogens is 2. The van der Waals surface area contributed by atoms with Gasteiger partial charge < -0.3 is 5.73 Å². The number of primary amides is 1. The highest BCUT2D eigenvalue weighted by Crippen LogP contribution is 2.30. The van der Waals surface area contributed by atoms with E-state index in [1.807, 2.05) is 42.5 Å². The fourth-order valence-electron chi connectivity index (χ4n) is 3.99. The lowest BCUT2D eigenvalue weighted by molar-refractivity contribution is -0.125. The van der Waals surface area contributed by atoms with E-state index in [-0.39, 0.29) is 5.91 Å². The summed E-state index contributed by atoms with van der Waals surface area (Å²) in [5.41, 5.74) is 8.27. The highest BCUT2D eigenvalue weighted by atomic mass is 16.1. The van der Waals surface area contributed by atoms with Gasteiger partial charge in [0.25, 0.3) is 0 Å². The van der Waals surface area contributed by atoms with Crippen LogP contribution in [-0.4, -0.2) is 22.4 Å². The lowest BCUT2D eigenvalue weighted by atomic mass is 9.82. The lowest BCUT2D eigenvalue weighted by Crippen LogP contribution is -2.53. The monoisotopic (exact) mass is 410 g/mol. The number of amides is 1. The van der Waals surface area contributed by atoms with E-state index in [1.165, 1.54) is 0 Å². The lowest BCUT2D eigenvalue weighted by Gasteiger charge is -2.33. The SMILES string of the molecule is NC(=O)C(CCc1ccncc1)(NCCc1ccncc1)c1ccc2ccccc2c1. The average molecular weight is 411 g/mol. The van der Waals surface area contributed by atoms with Crippen LogP contribution in [0.2, 0.25) is 0 Å². The Kier molecular flexibility index (Phi) is 6.34. The number of hydrogen-bond acceptors (Lipinski definition) is 4. The van der Waals surface area contributed by atoms with Crippen LogP contribution in [0.4, 0.5) is 0 Å². The molecule has 0 fully saturated rings. The maximum Gasteiger partial charge on any atom is 0.242 e. The zero-order valence-corrected chi connectivity index (χ0v) is 17.4. The molecular formula is C26H26N4O. The molecule has 1 atom stereocenters. The first-order valence-electron chi connectivity index (χ1n) is 10.5. The summed E-state index contributed by atoms with van der Waals surface area (Å²) in [5, 5.41) is 5.75. The Morgan fingerprint density at radius 1 is 0.806 bits per heavy atom. The van der Waals surface area contributed by atoms with E-state index in [1.54, 1.807) is 24.8 Å². The Morgan fingerprint density at radius 2 is 1.42 bits per heavy atom. The van der Waals surface area contributed by atoms with Crippen molar-refractivity contribution in [2.75, 3.05) is 6.54 Å². The third-order valence-corrected chi connectivity index (χ3v) is 5.79. The van der Waals surface area contributed by atoms with E-state index in [9.17, 15) is 4.79 Å². The summed E-state index contributed by atoms with van der Waals surface area (Å²) >= 11 is 0. The van der Waals surface area contributed by atoms with Gasteiger partial charge in [-0.15, -0.1) is 0 Å². The molecule has 3 N–H and O–H groups in total. The molecule has 2 aromatic heterocycles. The molecule has 0 aliphatic rings. The average Bonchev–Trinajstić information content (AvgIpc) is 2.82. The van der Waals surface area contributed by atoms with Crippen molar-refractivity contribution in [3.8, 4) is 0 Å². The van der Waals surface area contributed by atoms with E-state index in [0.717, 1.165) is 33.9 Å². The number of aryl methyl sites for hydroxylation is 1. The molecule has 0 aliphatic carbocycles. The standard InChI is InChI=1S/C26H26N4O/c27-25(31)26(13-7-20-8-14-28-15-9-20,30-18-12-21-10-16-29-17-11-21)24-6-5-22-3-1-2-4-23(22)19-24/h1-6,8-11,14-17,19,30H,7,12-13,18H2,(H2,27,31). The second-order valence-electron chi connectivity index (χ2n) is 7.72. The highest BCUT2D eigenvalue weighted by molar-refractivity contribution is 5.89. The van der Waals surface area contributed by atoms with Crippen LogP contribution in [-0.2, 0) is 23.2 Å². The van der Waals surface area contributed by atoms with Crippen molar-refractivity contribution in [2.45, 2.75) is 24.8 Å². The molecule has 0 radical (unpaired) electrons. The van der Waals surface area contributed by atoms with Gasteiger partial charge in [0.1, 0.15) is 5.54 Å². The van der Waals surface area contributed by atoms with Gasteiger partial charge in [-0.1, -0.05) is 36.4 Å². The van der Waals surface area contributed by atoms with Crippen LogP contribution < -0.4 is 11.1 Å². The number of hydrogen-bond donors (Lipinski definition) is 2. The van der Waals surface area contributed by atoms with Gasteiger partial charge in [0, 0.05) is 31.3 Å². The van der Waals surface area contributed by atoms with Crippen molar-refractivity contribution < 1.29 is 4.79 Å². The number of rotatable bonds is 9. The zero-order valence-electron chi connectivity index (χ0n) is 17.4. The third-order valence-electron chi connectivity index (χ3n) is 5.79. The van der Waals surface area contributed by atoms with Gasteiger partial charge >= 0.3 is 0 Å². The van der Waals surface area contributed by atoms with Crippen molar-refractivity contribution >= 4 is 16.7 Å². The van der Waals surface area contributed by atoms with Crippen LogP contribution in [0.25, 0.3) is 10.8 Å². The van der Waals surface area contributed by atoms with Crippen LogP contribution in [0.5, 0.6) is 0 Å². The number of nitrogens with zero attached hydrogens (tertiary/aromatic N) is 2. The smallest absolute Gasteiger partial charge is 0.242 e. The first-order chi connectivity index (χ1) is 15.2. The molecule has 5 nitrogen and oxygen atoms in total. The van der Waals surface area contributed by atoms with Crippen LogP contribution in [0.3, 0.4) is 0 Å². The molecule has 0 bridgehead atoms. The summed E-state index contributed by atoms with van der Waals surface area (Å²) in [7, 11) is 0. The maximum absolute atomic E-state index is 13.0. The van der Waals surface area contributed by atoms with Crippen molar-refractivity contribution in [3.05, 3.63) is 108 Å². The predicted octanol–water partition coefficient (Wildman–Crippen LogP) is 3.78. The topological polar surface area (TPSA) is 80.9 Å².